The summed E-state index contributed by atoms with van der Waals surface area (Å²) >= 11 is 7.40. The van der Waals surface area contributed by atoms with Crippen molar-refractivity contribution in [2.24, 2.45) is 0 Å². The van der Waals surface area contributed by atoms with Crippen molar-refractivity contribution >= 4 is 29.3 Å². The normalized spacial score (nSPS) is 11.5. The molecule has 0 radical (unpaired) electrons. The number of hydrogen-bond donors (Lipinski definition) is 1. The summed E-state index contributed by atoms with van der Waals surface area (Å²) in [6.45, 7) is 6.05. The van der Waals surface area contributed by atoms with Crippen molar-refractivity contribution in [3.63, 3.8) is 0 Å². The SMILES string of the molecule is CC(C)(C)Sc1nccc(C(=O)O)c1Cl. The van der Waals surface area contributed by atoms with Crippen molar-refractivity contribution in [1.29, 1.82) is 0 Å². The van der Waals surface area contributed by atoms with Gasteiger partial charge in [-0.25, -0.2) is 9.78 Å². The van der Waals surface area contributed by atoms with Crippen LogP contribution < -0.4 is 0 Å². The highest BCUT2D eigenvalue weighted by molar-refractivity contribution is 8.00. The Bertz CT molecular complexity index is 387. The van der Waals surface area contributed by atoms with Gasteiger partial charge in [-0.05, 0) is 6.07 Å². The van der Waals surface area contributed by atoms with Crippen molar-refractivity contribution in [3.8, 4) is 0 Å². The second kappa shape index (κ2) is 4.41. The zero-order chi connectivity index (χ0) is 11.6. The molecule has 3 nitrogen and oxygen atoms in total. The molecule has 0 aliphatic carbocycles. The highest BCUT2D eigenvalue weighted by Crippen LogP contribution is 2.36. The molecule has 0 fully saturated rings. The van der Waals surface area contributed by atoms with Gasteiger partial charge in [0.25, 0.3) is 0 Å². The number of hydrogen-bond acceptors (Lipinski definition) is 3. The molecule has 5 heteroatoms. The third-order valence-electron chi connectivity index (χ3n) is 1.49. The lowest BCUT2D eigenvalue weighted by molar-refractivity contribution is 0.0696. The molecule has 0 saturated heterocycles. The third kappa shape index (κ3) is 3.39. The van der Waals surface area contributed by atoms with Crippen LogP contribution in [0.25, 0.3) is 0 Å². The van der Waals surface area contributed by atoms with E-state index < -0.39 is 5.97 Å². The topological polar surface area (TPSA) is 50.2 Å². The Balaban J connectivity index is 3.10. The smallest absolute Gasteiger partial charge is 0.337 e. The highest BCUT2D eigenvalue weighted by atomic mass is 35.5. The number of aromatic carboxylic acids is 1. The first-order valence-electron chi connectivity index (χ1n) is 4.38. The molecule has 0 bridgehead atoms. The number of halogens is 1. The van der Waals surface area contributed by atoms with Gasteiger partial charge in [0, 0.05) is 10.9 Å². The van der Waals surface area contributed by atoms with E-state index in [-0.39, 0.29) is 15.3 Å². The van der Waals surface area contributed by atoms with E-state index in [1.165, 1.54) is 24.0 Å². The van der Waals surface area contributed by atoms with Crippen LogP contribution >= 0.6 is 23.4 Å². The van der Waals surface area contributed by atoms with Crippen molar-refractivity contribution in [2.45, 2.75) is 30.5 Å². The molecule has 0 unspecified atom stereocenters. The quantitative estimate of drug-likeness (QED) is 0.812. The van der Waals surface area contributed by atoms with E-state index in [9.17, 15) is 4.79 Å². The number of aromatic nitrogens is 1. The van der Waals surface area contributed by atoms with Crippen molar-refractivity contribution in [1.82, 2.24) is 4.98 Å². The van der Waals surface area contributed by atoms with Gasteiger partial charge < -0.3 is 5.11 Å². The Morgan fingerprint density at radius 3 is 2.60 bits per heavy atom. The molecule has 1 aromatic rings. The van der Waals surface area contributed by atoms with Gasteiger partial charge in [-0.2, -0.15) is 0 Å². The number of carboxylic acids is 1. The number of thioether (sulfide) groups is 1. The fourth-order valence-corrected chi connectivity index (χ4v) is 2.15. The zero-order valence-electron chi connectivity index (χ0n) is 8.74. The van der Waals surface area contributed by atoms with Crippen LogP contribution in [0.2, 0.25) is 5.02 Å². The monoisotopic (exact) mass is 245 g/mol. The van der Waals surface area contributed by atoms with Crippen LogP contribution in [0.1, 0.15) is 31.1 Å². The van der Waals surface area contributed by atoms with Gasteiger partial charge in [0.1, 0.15) is 5.03 Å². The van der Waals surface area contributed by atoms with E-state index in [0.29, 0.717) is 5.03 Å². The lowest BCUT2D eigenvalue weighted by Crippen LogP contribution is -2.08. The minimum Gasteiger partial charge on any atom is -0.478 e. The van der Waals surface area contributed by atoms with Crippen molar-refractivity contribution in [2.75, 3.05) is 0 Å². The molecule has 1 heterocycles. The molecule has 0 spiro atoms. The Morgan fingerprint density at radius 2 is 2.13 bits per heavy atom. The zero-order valence-corrected chi connectivity index (χ0v) is 10.3. The second-order valence-corrected chi connectivity index (χ2v) is 6.19. The molecule has 82 valence electrons. The highest BCUT2D eigenvalue weighted by Gasteiger charge is 2.19. The summed E-state index contributed by atoms with van der Waals surface area (Å²) < 4.78 is -0.0479. The number of carbonyl (C=O) groups is 1. The summed E-state index contributed by atoms with van der Waals surface area (Å²) in [4.78, 5) is 14.9. The van der Waals surface area contributed by atoms with E-state index in [1.807, 2.05) is 20.8 Å². The lowest BCUT2D eigenvalue weighted by atomic mass is 10.3. The minimum atomic E-state index is -1.03. The Kier molecular flexibility index (Phi) is 3.62. The number of rotatable bonds is 2. The van der Waals surface area contributed by atoms with Gasteiger partial charge >= 0.3 is 5.97 Å². The largest absolute Gasteiger partial charge is 0.478 e. The first-order chi connectivity index (χ1) is 6.81. The van der Waals surface area contributed by atoms with Gasteiger partial charge in [0.2, 0.25) is 0 Å². The fraction of sp³-hybridized carbons (Fsp3) is 0.400. The summed E-state index contributed by atoms with van der Waals surface area (Å²) in [5.74, 6) is -1.03. The van der Waals surface area contributed by atoms with E-state index in [1.54, 1.807) is 0 Å². The van der Waals surface area contributed by atoms with E-state index >= 15 is 0 Å². The third-order valence-corrected chi connectivity index (χ3v) is 3.10. The van der Waals surface area contributed by atoms with Crippen LogP contribution in [0.3, 0.4) is 0 Å². The minimum absolute atomic E-state index is 0.0479. The molecular formula is C10H12ClNO2S. The predicted molar refractivity (Wildman–Crippen MR) is 61.8 cm³/mol. The first-order valence-corrected chi connectivity index (χ1v) is 5.57. The molecule has 0 atom stereocenters. The molecule has 0 aromatic carbocycles. The maximum absolute atomic E-state index is 10.8. The molecule has 1 aromatic heterocycles. The summed E-state index contributed by atoms with van der Waals surface area (Å²) in [5, 5.41) is 9.64. The maximum atomic E-state index is 10.8. The number of nitrogens with zero attached hydrogens (tertiary/aromatic N) is 1. The summed E-state index contributed by atoms with van der Waals surface area (Å²) in [5.41, 5.74) is 0.0958. The molecule has 0 amide bonds. The molecule has 15 heavy (non-hydrogen) atoms. The number of pyridine rings is 1. The summed E-state index contributed by atoms with van der Waals surface area (Å²) in [7, 11) is 0. The Hall–Kier alpha value is -0.740. The van der Waals surface area contributed by atoms with Crippen LogP contribution in [0.15, 0.2) is 17.3 Å². The molecule has 0 saturated carbocycles. The Morgan fingerprint density at radius 1 is 1.53 bits per heavy atom. The average Bonchev–Trinajstić information content (AvgIpc) is 2.05. The van der Waals surface area contributed by atoms with Gasteiger partial charge in [-0.1, -0.05) is 44.1 Å². The molecule has 1 N–H and O–H groups in total. The van der Waals surface area contributed by atoms with E-state index in [0.717, 1.165) is 0 Å². The van der Waals surface area contributed by atoms with Crippen LogP contribution in [-0.4, -0.2) is 20.8 Å². The standard InChI is InChI=1S/C10H12ClNO2S/c1-10(2,3)15-8-7(11)6(9(13)14)4-5-12-8/h4-5H,1-3H3,(H,13,14). The number of carboxylic acid groups (broad SMARTS) is 1. The first kappa shape index (κ1) is 12.3. The predicted octanol–water partition coefficient (Wildman–Crippen LogP) is 3.32. The second-order valence-electron chi connectivity index (χ2n) is 4.00. The summed E-state index contributed by atoms with van der Waals surface area (Å²) in [6.07, 6.45) is 1.46. The molecule has 0 aliphatic rings. The van der Waals surface area contributed by atoms with Crippen molar-refractivity contribution < 1.29 is 9.90 Å². The van der Waals surface area contributed by atoms with Crippen LogP contribution in [-0.2, 0) is 0 Å². The van der Waals surface area contributed by atoms with Crippen LogP contribution in [0.5, 0.6) is 0 Å². The van der Waals surface area contributed by atoms with Gasteiger partial charge in [0.15, 0.2) is 0 Å². The fourth-order valence-electron chi connectivity index (χ4n) is 0.951. The molecule has 1 rings (SSSR count). The average molecular weight is 246 g/mol. The van der Waals surface area contributed by atoms with Crippen LogP contribution in [0.4, 0.5) is 0 Å². The van der Waals surface area contributed by atoms with Gasteiger partial charge in [0.05, 0.1) is 10.6 Å². The lowest BCUT2D eigenvalue weighted by Gasteiger charge is -2.17. The maximum Gasteiger partial charge on any atom is 0.337 e. The Labute approximate surface area is 97.9 Å². The van der Waals surface area contributed by atoms with Gasteiger partial charge in [-0.3, -0.25) is 0 Å². The van der Waals surface area contributed by atoms with Gasteiger partial charge in [-0.15, -0.1) is 0 Å². The van der Waals surface area contributed by atoms with Crippen LogP contribution in [0, 0.1) is 0 Å². The summed E-state index contributed by atoms with van der Waals surface area (Å²) in [6, 6.07) is 1.40. The molecular weight excluding hydrogens is 234 g/mol. The van der Waals surface area contributed by atoms with E-state index in [4.69, 9.17) is 16.7 Å². The molecule has 0 aliphatic heterocycles. The van der Waals surface area contributed by atoms with Crippen molar-refractivity contribution in [3.05, 3.63) is 22.8 Å². The van der Waals surface area contributed by atoms with E-state index in [2.05, 4.69) is 4.98 Å².